The van der Waals surface area contributed by atoms with Crippen LogP contribution in [0.3, 0.4) is 0 Å². The molecule has 1 aliphatic carbocycles. The Labute approximate surface area is 206 Å². The van der Waals surface area contributed by atoms with Gasteiger partial charge in [-0.25, -0.2) is 18.4 Å². The molecule has 4 rings (SSSR count). The Bertz CT molecular complexity index is 1280. The van der Waals surface area contributed by atoms with Crippen molar-refractivity contribution in [2.45, 2.75) is 76.8 Å². The van der Waals surface area contributed by atoms with Gasteiger partial charge in [0.15, 0.2) is 0 Å². The summed E-state index contributed by atoms with van der Waals surface area (Å²) >= 11 is 0. The molecule has 10 nitrogen and oxygen atoms in total. The summed E-state index contributed by atoms with van der Waals surface area (Å²) in [4.78, 5) is 8.31. The monoisotopic (exact) mass is 502 g/mol. The highest BCUT2D eigenvalue weighted by Crippen LogP contribution is 2.37. The topological polar surface area (TPSA) is 131 Å². The van der Waals surface area contributed by atoms with Crippen molar-refractivity contribution in [3.05, 3.63) is 30.2 Å². The molecule has 0 radical (unpaired) electrons. The van der Waals surface area contributed by atoms with Crippen LogP contribution in [0.25, 0.3) is 10.9 Å². The zero-order valence-electron chi connectivity index (χ0n) is 20.9. The Hall–Kier alpha value is -2.92. The van der Waals surface area contributed by atoms with E-state index in [1.165, 1.54) is 6.33 Å². The number of ether oxygens (including phenoxy) is 2. The van der Waals surface area contributed by atoms with Gasteiger partial charge < -0.3 is 14.8 Å². The van der Waals surface area contributed by atoms with Gasteiger partial charge in [-0.3, -0.25) is 9.82 Å². The Morgan fingerprint density at radius 1 is 1.17 bits per heavy atom. The smallest absolute Gasteiger partial charge is 0.236 e. The third kappa shape index (κ3) is 6.21. The van der Waals surface area contributed by atoms with Crippen LogP contribution in [-0.2, 0) is 14.8 Å². The molecular weight excluding hydrogens is 468 g/mol. The minimum Gasteiger partial charge on any atom is -0.494 e. The molecule has 0 saturated heterocycles. The lowest BCUT2D eigenvalue weighted by Crippen LogP contribution is -2.23. The van der Waals surface area contributed by atoms with Crippen LogP contribution in [-0.4, -0.2) is 46.5 Å². The van der Waals surface area contributed by atoms with Crippen LogP contribution in [0.2, 0.25) is 0 Å². The molecule has 2 heterocycles. The number of methoxy groups -OCH3 is 1. The van der Waals surface area contributed by atoms with Crippen molar-refractivity contribution in [3.63, 3.8) is 0 Å². The molecule has 35 heavy (non-hydrogen) atoms. The van der Waals surface area contributed by atoms with Gasteiger partial charge in [0.1, 0.15) is 29.8 Å². The molecule has 3 aromatic rings. The molecule has 1 aliphatic rings. The number of H-pyrrole nitrogens is 1. The summed E-state index contributed by atoms with van der Waals surface area (Å²) in [6, 6.07) is 5.39. The van der Waals surface area contributed by atoms with Gasteiger partial charge in [0, 0.05) is 17.5 Å². The van der Waals surface area contributed by atoms with Crippen LogP contribution in [0, 0.1) is 0 Å². The molecular formula is C24H34N6O4S. The van der Waals surface area contributed by atoms with Crippen LogP contribution >= 0.6 is 0 Å². The molecule has 1 saturated carbocycles. The number of nitrogens with one attached hydrogen (secondary N) is 3. The summed E-state index contributed by atoms with van der Waals surface area (Å²) in [5.41, 5.74) is 2.03. The standard InChI is InChI=1S/C24H34N6O4S/c1-6-7-8-19(34-24(2,3)4)23-16-11-18(20(33-5)12-17(16)28-29-23)27-21-13-22(26-14-25-21)30-35(31,32)15-9-10-15/h11-15,19H,6-10H2,1-5H3,(H,28,29)(H2,25,26,27,30). The molecule has 0 aliphatic heterocycles. The van der Waals surface area contributed by atoms with Gasteiger partial charge in [0.2, 0.25) is 10.0 Å². The number of unbranched alkanes of at least 4 members (excludes halogenated alkanes) is 1. The second-order valence-corrected chi connectivity index (χ2v) is 11.8. The van der Waals surface area contributed by atoms with E-state index in [-0.39, 0.29) is 22.8 Å². The highest BCUT2D eigenvalue weighted by atomic mass is 32.2. The van der Waals surface area contributed by atoms with Gasteiger partial charge in [-0.05, 0) is 46.1 Å². The Balaban J connectivity index is 1.65. The van der Waals surface area contributed by atoms with Gasteiger partial charge in [0.25, 0.3) is 0 Å². The number of hydrogen-bond donors (Lipinski definition) is 3. The van der Waals surface area contributed by atoms with Crippen molar-refractivity contribution in [2.75, 3.05) is 17.1 Å². The lowest BCUT2D eigenvalue weighted by atomic mass is 10.0. The van der Waals surface area contributed by atoms with E-state index in [0.29, 0.717) is 30.1 Å². The SMILES string of the molecule is CCCCC(OC(C)(C)C)c1n[nH]c2cc(OC)c(Nc3cc(NS(=O)(=O)C4CC4)ncn3)cc12. The fourth-order valence-corrected chi connectivity index (χ4v) is 5.20. The molecule has 3 N–H and O–H groups in total. The number of anilines is 3. The number of aromatic nitrogens is 4. The molecule has 0 spiro atoms. The minimum atomic E-state index is -3.42. The van der Waals surface area contributed by atoms with Crippen molar-refractivity contribution in [3.8, 4) is 5.75 Å². The highest BCUT2D eigenvalue weighted by molar-refractivity contribution is 7.93. The van der Waals surface area contributed by atoms with E-state index < -0.39 is 10.0 Å². The fraction of sp³-hybridized carbons (Fsp3) is 0.542. The number of fused-ring (bicyclic) bond motifs is 1. The average Bonchev–Trinajstić information content (AvgIpc) is 3.57. The summed E-state index contributed by atoms with van der Waals surface area (Å²) in [6.07, 6.45) is 5.46. The Kier molecular flexibility index (Phi) is 7.18. The molecule has 1 aromatic carbocycles. The third-order valence-electron chi connectivity index (χ3n) is 5.67. The summed E-state index contributed by atoms with van der Waals surface area (Å²) in [7, 11) is -1.83. The largest absolute Gasteiger partial charge is 0.494 e. The zero-order chi connectivity index (χ0) is 25.2. The Morgan fingerprint density at radius 3 is 2.57 bits per heavy atom. The number of sulfonamides is 1. The van der Waals surface area contributed by atoms with Crippen LogP contribution < -0.4 is 14.8 Å². The molecule has 11 heteroatoms. The first-order valence-corrected chi connectivity index (χ1v) is 13.5. The molecule has 1 unspecified atom stereocenters. The molecule has 190 valence electrons. The summed E-state index contributed by atoms with van der Waals surface area (Å²) in [6.45, 7) is 8.29. The maximum atomic E-state index is 12.3. The number of hydrogen-bond acceptors (Lipinski definition) is 8. The first-order chi connectivity index (χ1) is 16.6. The highest BCUT2D eigenvalue weighted by Gasteiger charge is 2.36. The summed E-state index contributed by atoms with van der Waals surface area (Å²) < 4.78 is 39.1. The van der Waals surface area contributed by atoms with Gasteiger partial charge in [-0.2, -0.15) is 5.10 Å². The zero-order valence-corrected chi connectivity index (χ0v) is 21.7. The van der Waals surface area contributed by atoms with Crippen molar-refractivity contribution < 1.29 is 17.9 Å². The van der Waals surface area contributed by atoms with E-state index in [4.69, 9.17) is 9.47 Å². The van der Waals surface area contributed by atoms with E-state index in [2.05, 4.69) is 37.1 Å². The Morgan fingerprint density at radius 2 is 1.91 bits per heavy atom. The van der Waals surface area contributed by atoms with E-state index in [1.54, 1.807) is 13.2 Å². The maximum Gasteiger partial charge on any atom is 0.236 e. The number of benzene rings is 1. The number of nitrogens with zero attached hydrogens (tertiary/aromatic N) is 3. The van der Waals surface area contributed by atoms with Crippen LogP contribution in [0.1, 0.15) is 71.6 Å². The summed E-state index contributed by atoms with van der Waals surface area (Å²) in [5.74, 6) is 1.24. The number of rotatable bonds is 11. The molecule has 2 aromatic heterocycles. The third-order valence-corrected chi connectivity index (χ3v) is 7.52. The van der Waals surface area contributed by atoms with E-state index in [9.17, 15) is 8.42 Å². The van der Waals surface area contributed by atoms with Crippen molar-refractivity contribution in [1.29, 1.82) is 0 Å². The molecule has 1 atom stereocenters. The van der Waals surface area contributed by atoms with Gasteiger partial charge in [-0.1, -0.05) is 19.8 Å². The maximum absolute atomic E-state index is 12.3. The minimum absolute atomic E-state index is 0.160. The second kappa shape index (κ2) is 9.98. The van der Waals surface area contributed by atoms with Gasteiger partial charge in [0.05, 0.1) is 34.9 Å². The van der Waals surface area contributed by atoms with Crippen molar-refractivity contribution in [1.82, 2.24) is 20.2 Å². The quantitative estimate of drug-likeness (QED) is 0.332. The van der Waals surface area contributed by atoms with Crippen LogP contribution in [0.4, 0.5) is 17.3 Å². The normalized spacial score (nSPS) is 15.2. The van der Waals surface area contributed by atoms with Crippen molar-refractivity contribution >= 4 is 38.2 Å². The van der Waals surface area contributed by atoms with Crippen LogP contribution in [0.5, 0.6) is 5.75 Å². The number of aromatic amines is 1. The predicted octanol–water partition coefficient (Wildman–Crippen LogP) is 5.06. The van der Waals surface area contributed by atoms with Crippen molar-refractivity contribution in [2.24, 2.45) is 0 Å². The second-order valence-electron chi connectivity index (χ2n) is 9.83. The van der Waals surface area contributed by atoms with Crippen LogP contribution in [0.15, 0.2) is 24.5 Å². The van der Waals surface area contributed by atoms with Gasteiger partial charge >= 0.3 is 0 Å². The molecule has 0 amide bonds. The first kappa shape index (κ1) is 25.2. The fourth-order valence-electron chi connectivity index (χ4n) is 3.87. The first-order valence-electron chi connectivity index (χ1n) is 11.9. The molecule has 1 fully saturated rings. The predicted molar refractivity (Wildman–Crippen MR) is 137 cm³/mol. The van der Waals surface area contributed by atoms with E-state index in [1.807, 2.05) is 32.9 Å². The average molecular weight is 503 g/mol. The van der Waals surface area contributed by atoms with E-state index >= 15 is 0 Å². The van der Waals surface area contributed by atoms with Gasteiger partial charge in [-0.15, -0.1) is 0 Å². The molecule has 0 bridgehead atoms. The lowest BCUT2D eigenvalue weighted by Gasteiger charge is -2.27. The lowest BCUT2D eigenvalue weighted by molar-refractivity contribution is -0.0670. The van der Waals surface area contributed by atoms with E-state index in [0.717, 1.165) is 35.9 Å². The summed E-state index contributed by atoms with van der Waals surface area (Å²) in [5, 5.41) is 11.5.